The van der Waals surface area contributed by atoms with Crippen LogP contribution >= 0.6 is 0 Å². The summed E-state index contributed by atoms with van der Waals surface area (Å²) in [6, 6.07) is -0.0421. The molecule has 1 aliphatic rings. The van der Waals surface area contributed by atoms with E-state index in [2.05, 4.69) is 29.8 Å². The standard InChI is InChI=1S/C15H19FN6O8/c1-28-9(24)5-7(13(26)29-2)18-8-3-4-22(14(27)19-8)12-10(16)11(25)15(6-23,30-12)20-21-17/h3-4,7,10-12,23,25H,5-6H2,1-2H3,(H,18,19,27)/t7-,10-,11-,12+,15+/m0/s1. The minimum atomic E-state index is -2.31. The number of anilines is 1. The van der Waals surface area contributed by atoms with Crippen LogP contribution in [0, 0.1) is 0 Å². The van der Waals surface area contributed by atoms with E-state index in [9.17, 15) is 29.0 Å². The van der Waals surface area contributed by atoms with Crippen molar-refractivity contribution < 1.29 is 38.4 Å². The van der Waals surface area contributed by atoms with Crippen LogP contribution in [0.5, 0.6) is 0 Å². The van der Waals surface area contributed by atoms with Crippen molar-refractivity contribution in [3.05, 3.63) is 33.2 Å². The van der Waals surface area contributed by atoms with Gasteiger partial charge in [0, 0.05) is 11.1 Å². The zero-order chi connectivity index (χ0) is 22.5. The van der Waals surface area contributed by atoms with Crippen LogP contribution in [0.25, 0.3) is 10.4 Å². The largest absolute Gasteiger partial charge is 0.469 e. The monoisotopic (exact) mass is 430 g/mol. The average molecular weight is 430 g/mol. The molecule has 0 unspecified atom stereocenters. The van der Waals surface area contributed by atoms with E-state index in [1.807, 2.05) is 0 Å². The number of hydrogen-bond donors (Lipinski definition) is 3. The van der Waals surface area contributed by atoms with Crippen molar-refractivity contribution in [2.24, 2.45) is 5.11 Å². The van der Waals surface area contributed by atoms with Gasteiger partial charge >= 0.3 is 17.6 Å². The molecule has 0 aliphatic carbocycles. The number of alkyl halides is 1. The molecule has 15 heteroatoms. The Balaban J connectivity index is 2.28. The second kappa shape index (κ2) is 9.49. The Hall–Kier alpha value is -3.26. The normalized spacial score (nSPS) is 26.4. The maximum Gasteiger partial charge on any atom is 0.351 e. The van der Waals surface area contributed by atoms with Crippen molar-refractivity contribution in [2.45, 2.75) is 36.7 Å². The molecule has 164 valence electrons. The summed E-state index contributed by atoms with van der Waals surface area (Å²) >= 11 is 0. The van der Waals surface area contributed by atoms with E-state index in [4.69, 9.17) is 10.3 Å². The van der Waals surface area contributed by atoms with Gasteiger partial charge in [-0.3, -0.25) is 9.36 Å². The number of aromatic nitrogens is 2. The molecule has 0 bridgehead atoms. The molecule has 2 heterocycles. The molecular formula is C15H19FN6O8. The van der Waals surface area contributed by atoms with E-state index in [0.717, 1.165) is 20.4 Å². The van der Waals surface area contributed by atoms with Crippen LogP contribution in [0.1, 0.15) is 12.6 Å². The number of methoxy groups -OCH3 is 2. The number of nitrogens with one attached hydrogen (secondary N) is 1. The van der Waals surface area contributed by atoms with Crippen LogP contribution < -0.4 is 11.0 Å². The molecule has 5 atom stereocenters. The zero-order valence-corrected chi connectivity index (χ0v) is 15.8. The van der Waals surface area contributed by atoms with Crippen LogP contribution in [0.3, 0.4) is 0 Å². The number of aliphatic hydroxyl groups excluding tert-OH is 2. The number of hydrogen-bond acceptors (Lipinski definition) is 11. The van der Waals surface area contributed by atoms with Gasteiger partial charge in [0.25, 0.3) is 0 Å². The van der Waals surface area contributed by atoms with Crippen molar-refractivity contribution in [3.8, 4) is 0 Å². The number of halogens is 1. The highest BCUT2D eigenvalue weighted by Gasteiger charge is 2.56. The van der Waals surface area contributed by atoms with Gasteiger partial charge in [-0.05, 0) is 11.6 Å². The number of azide groups is 1. The fourth-order valence-corrected chi connectivity index (χ4v) is 2.73. The van der Waals surface area contributed by atoms with E-state index in [1.54, 1.807) is 0 Å². The quantitative estimate of drug-likeness (QED) is 0.199. The fraction of sp³-hybridized carbons (Fsp3) is 0.600. The number of carbonyl (C=O) groups excluding carboxylic acids is 2. The molecule has 0 radical (unpaired) electrons. The van der Waals surface area contributed by atoms with Gasteiger partial charge in [0.1, 0.15) is 18.0 Å². The molecule has 0 amide bonds. The number of rotatable bonds is 8. The molecule has 1 aromatic rings. The number of carbonyl (C=O) groups is 2. The van der Waals surface area contributed by atoms with Crippen LogP contribution in [0.2, 0.25) is 0 Å². The van der Waals surface area contributed by atoms with Gasteiger partial charge in [0.05, 0.1) is 27.2 Å². The van der Waals surface area contributed by atoms with Gasteiger partial charge in [-0.2, -0.15) is 4.98 Å². The van der Waals surface area contributed by atoms with Crippen molar-refractivity contribution in [2.75, 3.05) is 26.1 Å². The van der Waals surface area contributed by atoms with Crippen LogP contribution in [0.4, 0.5) is 10.2 Å². The molecule has 0 spiro atoms. The van der Waals surface area contributed by atoms with E-state index >= 15 is 0 Å². The maximum atomic E-state index is 14.5. The second-order valence-corrected chi connectivity index (χ2v) is 6.09. The van der Waals surface area contributed by atoms with Crippen molar-refractivity contribution in [1.82, 2.24) is 9.55 Å². The van der Waals surface area contributed by atoms with Crippen molar-refractivity contribution in [1.29, 1.82) is 0 Å². The summed E-state index contributed by atoms with van der Waals surface area (Å²) in [5, 5.41) is 25.0. The highest BCUT2D eigenvalue weighted by Crippen LogP contribution is 2.39. The first-order valence-electron chi connectivity index (χ1n) is 8.40. The summed E-state index contributed by atoms with van der Waals surface area (Å²) in [5.41, 5.74) is 5.21. The first-order valence-corrected chi connectivity index (χ1v) is 8.40. The predicted molar refractivity (Wildman–Crippen MR) is 94.5 cm³/mol. The van der Waals surface area contributed by atoms with Crippen LogP contribution in [0.15, 0.2) is 22.2 Å². The van der Waals surface area contributed by atoms with Crippen molar-refractivity contribution >= 4 is 17.8 Å². The number of ether oxygens (including phenoxy) is 3. The van der Waals surface area contributed by atoms with E-state index < -0.39 is 60.9 Å². The SMILES string of the molecule is COC(=O)C[C@H](Nc1ccn([C@@H]2O[C@@](CO)(N=[N+]=[N-])[C@@H](O)[C@@H]2F)c(=O)n1)C(=O)OC. The van der Waals surface area contributed by atoms with Gasteiger partial charge < -0.3 is 29.7 Å². The van der Waals surface area contributed by atoms with Gasteiger partial charge in [0.2, 0.25) is 5.72 Å². The number of aliphatic hydroxyl groups is 2. The first-order chi connectivity index (χ1) is 14.2. The van der Waals surface area contributed by atoms with Crippen LogP contribution in [-0.2, 0) is 23.8 Å². The fourth-order valence-electron chi connectivity index (χ4n) is 2.73. The smallest absolute Gasteiger partial charge is 0.351 e. The third kappa shape index (κ3) is 4.49. The second-order valence-electron chi connectivity index (χ2n) is 6.09. The lowest BCUT2D eigenvalue weighted by Crippen LogP contribution is -2.43. The highest BCUT2D eigenvalue weighted by molar-refractivity contribution is 5.84. The number of nitrogens with zero attached hydrogens (tertiary/aromatic N) is 5. The summed E-state index contributed by atoms with van der Waals surface area (Å²) in [4.78, 5) is 41.6. The van der Waals surface area contributed by atoms with Gasteiger partial charge in [0.15, 0.2) is 12.4 Å². The summed E-state index contributed by atoms with van der Waals surface area (Å²) in [5.74, 6) is -1.69. The molecule has 14 nitrogen and oxygen atoms in total. The molecule has 0 saturated carbocycles. The Bertz CT molecular complexity index is 905. The minimum absolute atomic E-state index is 0.145. The molecule has 3 N–H and O–H groups in total. The van der Waals surface area contributed by atoms with Gasteiger partial charge in [-0.15, -0.1) is 0 Å². The molecule has 1 aromatic heterocycles. The predicted octanol–water partition coefficient (Wildman–Crippen LogP) is -1.01. The number of esters is 2. The first kappa shape index (κ1) is 23.0. The Morgan fingerprint density at radius 2 is 2.23 bits per heavy atom. The summed E-state index contributed by atoms with van der Waals surface area (Å²) in [7, 11) is 2.23. The van der Waals surface area contributed by atoms with E-state index in [1.165, 1.54) is 6.07 Å². The molecular weight excluding hydrogens is 411 g/mol. The van der Waals surface area contributed by atoms with Gasteiger partial charge in [-0.25, -0.2) is 14.0 Å². The molecule has 30 heavy (non-hydrogen) atoms. The Kier molecular flexibility index (Phi) is 7.28. The molecule has 1 fully saturated rings. The topological polar surface area (TPSA) is 198 Å². The van der Waals surface area contributed by atoms with Gasteiger partial charge in [-0.1, -0.05) is 5.11 Å². The average Bonchev–Trinajstić information content (AvgIpc) is 2.98. The summed E-state index contributed by atoms with van der Waals surface area (Å²) in [6.45, 7) is -1.04. The summed E-state index contributed by atoms with van der Waals surface area (Å²) < 4.78 is 29.4. The third-order valence-electron chi connectivity index (χ3n) is 4.31. The summed E-state index contributed by atoms with van der Waals surface area (Å²) in [6.07, 6.45) is -5.40. The maximum absolute atomic E-state index is 14.5. The lowest BCUT2D eigenvalue weighted by atomic mass is 10.1. The van der Waals surface area contributed by atoms with E-state index in [-0.39, 0.29) is 5.82 Å². The lowest BCUT2D eigenvalue weighted by Gasteiger charge is -2.23. The highest BCUT2D eigenvalue weighted by atomic mass is 19.1. The molecule has 2 rings (SSSR count). The van der Waals surface area contributed by atoms with E-state index in [0.29, 0.717) is 4.57 Å². The molecule has 0 aromatic carbocycles. The Labute approximate surface area is 167 Å². The minimum Gasteiger partial charge on any atom is -0.469 e. The Morgan fingerprint density at radius 1 is 1.53 bits per heavy atom. The molecule has 1 saturated heterocycles. The third-order valence-corrected chi connectivity index (χ3v) is 4.31. The van der Waals surface area contributed by atoms with Crippen LogP contribution in [-0.4, -0.2) is 76.6 Å². The van der Waals surface area contributed by atoms with Crippen molar-refractivity contribution in [3.63, 3.8) is 0 Å². The zero-order valence-electron chi connectivity index (χ0n) is 15.8. The lowest BCUT2D eigenvalue weighted by molar-refractivity contribution is -0.148. The molecule has 1 aliphatic heterocycles. The Morgan fingerprint density at radius 3 is 2.77 bits per heavy atom.